The summed E-state index contributed by atoms with van der Waals surface area (Å²) in [5.74, 6) is 0. The second-order valence-electron chi connectivity index (χ2n) is 3.73. The van der Waals surface area contributed by atoms with Crippen LogP contribution in [0.4, 0.5) is 0 Å². The Hall–Kier alpha value is -1.16. The largest absolute Gasteiger partial charge is 0.289 e. The van der Waals surface area contributed by atoms with E-state index in [4.69, 9.17) is 0 Å². The van der Waals surface area contributed by atoms with Crippen LogP contribution in [0.1, 0.15) is 18.4 Å². The summed E-state index contributed by atoms with van der Waals surface area (Å²) in [6, 6.07) is 6.96. The van der Waals surface area contributed by atoms with Gasteiger partial charge in [-0.1, -0.05) is 12.1 Å². The Bertz CT molecular complexity index is 486. The number of benzene rings is 1. The molecule has 1 aliphatic heterocycles. The number of aliphatic imine (C=N–C) groups is 1. The predicted octanol–water partition coefficient (Wildman–Crippen LogP) is 1.67. The maximum Gasteiger partial charge on any atom is 0.175 e. The van der Waals surface area contributed by atoms with E-state index in [0.29, 0.717) is 4.90 Å². The standard InChI is InChI=1S/C11H13NO2S/c1-15(13,14)10-6-4-9(5-7-10)11-3-2-8-12-11/h4-7H,2-3,8H2,1H3. The van der Waals surface area contributed by atoms with Gasteiger partial charge in [0.1, 0.15) is 0 Å². The molecule has 0 atom stereocenters. The Morgan fingerprint density at radius 3 is 2.33 bits per heavy atom. The summed E-state index contributed by atoms with van der Waals surface area (Å²) >= 11 is 0. The van der Waals surface area contributed by atoms with Crippen molar-refractivity contribution in [2.45, 2.75) is 17.7 Å². The molecule has 3 nitrogen and oxygen atoms in total. The molecule has 0 unspecified atom stereocenters. The lowest BCUT2D eigenvalue weighted by Gasteiger charge is -2.02. The fourth-order valence-corrected chi connectivity index (χ4v) is 2.30. The highest BCUT2D eigenvalue weighted by Gasteiger charge is 2.10. The van der Waals surface area contributed by atoms with Gasteiger partial charge in [0.2, 0.25) is 0 Å². The highest BCUT2D eigenvalue weighted by Crippen LogP contribution is 2.15. The molecular formula is C11H13NO2S. The van der Waals surface area contributed by atoms with Gasteiger partial charge in [-0.15, -0.1) is 0 Å². The molecular weight excluding hydrogens is 210 g/mol. The molecule has 0 radical (unpaired) electrons. The second-order valence-corrected chi connectivity index (χ2v) is 5.74. The first-order valence-corrected chi connectivity index (χ1v) is 6.80. The highest BCUT2D eigenvalue weighted by atomic mass is 32.2. The van der Waals surface area contributed by atoms with Gasteiger partial charge in [0.25, 0.3) is 0 Å². The molecule has 0 bridgehead atoms. The van der Waals surface area contributed by atoms with E-state index in [1.165, 1.54) is 6.26 Å². The Labute approximate surface area is 89.8 Å². The van der Waals surface area contributed by atoms with Crippen LogP contribution >= 0.6 is 0 Å². The minimum atomic E-state index is -3.08. The fraction of sp³-hybridized carbons (Fsp3) is 0.364. The summed E-state index contributed by atoms with van der Waals surface area (Å²) < 4.78 is 22.5. The zero-order chi connectivity index (χ0) is 10.9. The van der Waals surface area contributed by atoms with E-state index in [0.717, 1.165) is 30.7 Å². The molecule has 80 valence electrons. The van der Waals surface area contributed by atoms with Gasteiger partial charge in [-0.25, -0.2) is 8.42 Å². The minimum absolute atomic E-state index is 0.366. The monoisotopic (exact) mass is 223 g/mol. The lowest BCUT2D eigenvalue weighted by molar-refractivity contribution is 0.602. The van der Waals surface area contributed by atoms with Crippen molar-refractivity contribution in [3.8, 4) is 0 Å². The van der Waals surface area contributed by atoms with Gasteiger partial charge in [0.05, 0.1) is 4.90 Å². The predicted molar refractivity (Wildman–Crippen MR) is 60.2 cm³/mol. The van der Waals surface area contributed by atoms with Gasteiger partial charge in [-0.2, -0.15) is 0 Å². The van der Waals surface area contributed by atoms with Gasteiger partial charge >= 0.3 is 0 Å². The smallest absolute Gasteiger partial charge is 0.175 e. The molecule has 0 amide bonds. The van der Waals surface area contributed by atoms with E-state index in [1.54, 1.807) is 12.1 Å². The van der Waals surface area contributed by atoms with Crippen LogP contribution in [0.25, 0.3) is 0 Å². The van der Waals surface area contributed by atoms with Gasteiger partial charge in [-0.3, -0.25) is 4.99 Å². The summed E-state index contributed by atoms with van der Waals surface area (Å²) in [4.78, 5) is 4.73. The second kappa shape index (κ2) is 3.77. The zero-order valence-electron chi connectivity index (χ0n) is 8.60. The molecule has 1 heterocycles. The molecule has 0 aromatic heterocycles. The molecule has 0 saturated heterocycles. The third kappa shape index (κ3) is 2.26. The molecule has 4 heteroatoms. The first-order chi connectivity index (χ1) is 7.07. The van der Waals surface area contributed by atoms with Crippen LogP contribution in [-0.2, 0) is 9.84 Å². The third-order valence-electron chi connectivity index (χ3n) is 2.49. The summed E-state index contributed by atoms with van der Waals surface area (Å²) in [5.41, 5.74) is 2.13. The van der Waals surface area contributed by atoms with Crippen molar-refractivity contribution in [2.24, 2.45) is 4.99 Å². The Morgan fingerprint density at radius 2 is 1.87 bits per heavy atom. The summed E-state index contributed by atoms with van der Waals surface area (Å²) in [7, 11) is -3.08. The van der Waals surface area contributed by atoms with Gasteiger partial charge in [0.15, 0.2) is 9.84 Å². The maximum atomic E-state index is 11.2. The Balaban J connectivity index is 2.32. The van der Waals surface area contributed by atoms with E-state index < -0.39 is 9.84 Å². The van der Waals surface area contributed by atoms with Crippen LogP contribution in [0, 0.1) is 0 Å². The Kier molecular flexibility index (Phi) is 2.61. The number of hydrogen-bond donors (Lipinski definition) is 0. The SMILES string of the molecule is CS(=O)(=O)c1ccc(C2=NCCC2)cc1. The average molecular weight is 223 g/mol. The van der Waals surface area contributed by atoms with Crippen LogP contribution < -0.4 is 0 Å². The van der Waals surface area contributed by atoms with E-state index >= 15 is 0 Å². The first kappa shape index (κ1) is 10.4. The number of sulfone groups is 1. The van der Waals surface area contributed by atoms with Crippen LogP contribution in [0.5, 0.6) is 0 Å². The quantitative estimate of drug-likeness (QED) is 0.765. The van der Waals surface area contributed by atoms with Crippen LogP contribution in [0.2, 0.25) is 0 Å². The van der Waals surface area contributed by atoms with Gasteiger partial charge in [-0.05, 0) is 30.5 Å². The molecule has 0 spiro atoms. The zero-order valence-corrected chi connectivity index (χ0v) is 9.42. The molecule has 1 aromatic rings. The van der Waals surface area contributed by atoms with Crippen molar-refractivity contribution < 1.29 is 8.42 Å². The van der Waals surface area contributed by atoms with Crippen molar-refractivity contribution in [2.75, 3.05) is 12.8 Å². The summed E-state index contributed by atoms with van der Waals surface area (Å²) in [5, 5.41) is 0. The van der Waals surface area contributed by atoms with E-state index in [9.17, 15) is 8.42 Å². The molecule has 1 aliphatic rings. The van der Waals surface area contributed by atoms with Crippen molar-refractivity contribution >= 4 is 15.5 Å². The normalized spacial score (nSPS) is 16.5. The van der Waals surface area contributed by atoms with Crippen molar-refractivity contribution in [3.05, 3.63) is 29.8 Å². The lowest BCUT2D eigenvalue weighted by Crippen LogP contribution is -1.99. The van der Waals surface area contributed by atoms with Crippen molar-refractivity contribution in [1.29, 1.82) is 0 Å². The topological polar surface area (TPSA) is 46.5 Å². The maximum absolute atomic E-state index is 11.2. The van der Waals surface area contributed by atoms with Crippen molar-refractivity contribution in [3.63, 3.8) is 0 Å². The van der Waals surface area contributed by atoms with Crippen LogP contribution in [0.3, 0.4) is 0 Å². The van der Waals surface area contributed by atoms with E-state index in [2.05, 4.69) is 4.99 Å². The molecule has 0 N–H and O–H groups in total. The number of rotatable bonds is 2. The van der Waals surface area contributed by atoms with Crippen LogP contribution in [-0.4, -0.2) is 26.9 Å². The highest BCUT2D eigenvalue weighted by molar-refractivity contribution is 7.90. The van der Waals surface area contributed by atoms with E-state index in [1.807, 2.05) is 12.1 Å². The van der Waals surface area contributed by atoms with Crippen molar-refractivity contribution in [1.82, 2.24) is 0 Å². The third-order valence-corrected chi connectivity index (χ3v) is 3.62. The number of hydrogen-bond acceptors (Lipinski definition) is 3. The summed E-state index contributed by atoms with van der Waals surface area (Å²) in [6.07, 6.45) is 3.32. The fourth-order valence-electron chi connectivity index (χ4n) is 1.67. The summed E-state index contributed by atoms with van der Waals surface area (Å²) in [6.45, 7) is 0.892. The Morgan fingerprint density at radius 1 is 1.20 bits per heavy atom. The molecule has 2 rings (SSSR count). The van der Waals surface area contributed by atoms with Gasteiger partial charge in [0, 0.05) is 18.5 Å². The molecule has 0 saturated carbocycles. The van der Waals surface area contributed by atoms with Gasteiger partial charge < -0.3 is 0 Å². The molecule has 1 aromatic carbocycles. The van der Waals surface area contributed by atoms with E-state index in [-0.39, 0.29) is 0 Å². The minimum Gasteiger partial charge on any atom is -0.289 e. The molecule has 0 fully saturated rings. The lowest BCUT2D eigenvalue weighted by atomic mass is 10.1. The number of nitrogens with zero attached hydrogens (tertiary/aromatic N) is 1. The van der Waals surface area contributed by atoms with Crippen LogP contribution in [0.15, 0.2) is 34.2 Å². The molecule has 15 heavy (non-hydrogen) atoms. The first-order valence-electron chi connectivity index (χ1n) is 4.91. The molecule has 0 aliphatic carbocycles. The average Bonchev–Trinajstić information content (AvgIpc) is 2.69.